The first kappa shape index (κ1) is 12.7. The van der Waals surface area contributed by atoms with Crippen LogP contribution < -0.4 is 5.73 Å². The van der Waals surface area contributed by atoms with E-state index >= 15 is 0 Å². The van der Waals surface area contributed by atoms with Gasteiger partial charge in [-0.15, -0.1) is 0 Å². The number of nitrogens with two attached hydrogens (primary N) is 1. The van der Waals surface area contributed by atoms with Gasteiger partial charge in [-0.05, 0) is 6.07 Å². The second-order valence-corrected chi connectivity index (χ2v) is 2.87. The normalized spacial score (nSPS) is 8.50. The number of nitrogen functional groups attached to an aromatic ring is 1. The van der Waals surface area contributed by atoms with Crippen LogP contribution >= 0.6 is 11.6 Å². The van der Waals surface area contributed by atoms with Gasteiger partial charge in [-0.25, -0.2) is 9.37 Å². The van der Waals surface area contributed by atoms with Crippen LogP contribution in [0.5, 0.6) is 0 Å². The number of hydrogen-bond donors (Lipinski definition) is 1. The standard InChI is InChI=1S/C6H3ClFN3.C3H8/c7-5-3(2-9)1-4(8)6(10)11-5;1-3-2/h1H,(H2,10,11);3H2,1-2H3. The molecule has 0 bridgehead atoms. The van der Waals surface area contributed by atoms with E-state index in [1.54, 1.807) is 6.07 Å². The predicted octanol–water partition coefficient (Wildman–Crippen LogP) is 2.74. The summed E-state index contributed by atoms with van der Waals surface area (Å²) in [4.78, 5) is 3.39. The smallest absolute Gasteiger partial charge is 0.166 e. The van der Waals surface area contributed by atoms with Gasteiger partial charge in [-0.3, -0.25) is 0 Å². The Labute approximate surface area is 87.3 Å². The maximum Gasteiger partial charge on any atom is 0.166 e. The Kier molecular flexibility index (Phi) is 5.58. The van der Waals surface area contributed by atoms with Crippen molar-refractivity contribution in [2.75, 3.05) is 5.73 Å². The molecule has 0 atom stereocenters. The maximum absolute atomic E-state index is 12.5. The fourth-order valence-corrected chi connectivity index (χ4v) is 0.746. The first-order valence-electron chi connectivity index (χ1n) is 4.08. The Morgan fingerprint density at radius 3 is 2.57 bits per heavy atom. The SMILES string of the molecule is CCC.N#Cc1cc(F)c(N)nc1Cl. The zero-order valence-corrected chi connectivity index (χ0v) is 8.77. The highest BCUT2D eigenvalue weighted by Gasteiger charge is 2.06. The van der Waals surface area contributed by atoms with Crippen LogP contribution in [-0.2, 0) is 0 Å². The van der Waals surface area contributed by atoms with Gasteiger partial charge in [-0.1, -0.05) is 31.9 Å². The molecule has 5 heteroatoms. The van der Waals surface area contributed by atoms with Crippen molar-refractivity contribution in [3.8, 4) is 6.07 Å². The summed E-state index contributed by atoms with van der Waals surface area (Å²) < 4.78 is 12.5. The minimum Gasteiger partial charge on any atom is -0.381 e. The number of nitriles is 1. The lowest BCUT2D eigenvalue weighted by atomic mass is 10.3. The summed E-state index contributed by atoms with van der Waals surface area (Å²) in [5.74, 6) is -1.03. The summed E-state index contributed by atoms with van der Waals surface area (Å²) in [6.45, 7) is 4.25. The molecule has 76 valence electrons. The average molecular weight is 216 g/mol. The zero-order chi connectivity index (χ0) is 11.1. The summed E-state index contributed by atoms with van der Waals surface area (Å²) in [6, 6.07) is 2.62. The van der Waals surface area contributed by atoms with Gasteiger partial charge in [-0.2, -0.15) is 5.26 Å². The van der Waals surface area contributed by atoms with Crippen LogP contribution in [0.4, 0.5) is 10.2 Å². The van der Waals surface area contributed by atoms with Crippen LogP contribution in [0, 0.1) is 17.1 Å². The molecule has 0 amide bonds. The molecule has 1 heterocycles. The van der Waals surface area contributed by atoms with Gasteiger partial charge < -0.3 is 5.73 Å². The Morgan fingerprint density at radius 1 is 1.64 bits per heavy atom. The predicted molar refractivity (Wildman–Crippen MR) is 54.3 cm³/mol. The lowest BCUT2D eigenvalue weighted by molar-refractivity contribution is 0.626. The van der Waals surface area contributed by atoms with Crippen molar-refractivity contribution in [1.82, 2.24) is 4.98 Å². The molecule has 0 radical (unpaired) electrons. The van der Waals surface area contributed by atoms with Gasteiger partial charge in [0.25, 0.3) is 0 Å². The first-order chi connectivity index (χ1) is 6.56. The molecule has 0 aliphatic carbocycles. The molecule has 14 heavy (non-hydrogen) atoms. The molecule has 1 rings (SSSR count). The van der Waals surface area contributed by atoms with Crippen LogP contribution in [-0.4, -0.2) is 4.98 Å². The van der Waals surface area contributed by atoms with Crippen molar-refractivity contribution in [2.24, 2.45) is 0 Å². The highest BCUT2D eigenvalue weighted by molar-refractivity contribution is 6.30. The molecule has 0 aliphatic rings. The fraction of sp³-hybridized carbons (Fsp3) is 0.333. The molecule has 0 unspecified atom stereocenters. The van der Waals surface area contributed by atoms with E-state index in [4.69, 9.17) is 22.6 Å². The van der Waals surface area contributed by atoms with E-state index < -0.39 is 5.82 Å². The molecule has 1 aromatic heterocycles. The minimum atomic E-state index is -0.731. The van der Waals surface area contributed by atoms with Crippen molar-refractivity contribution in [3.63, 3.8) is 0 Å². The molecule has 0 aromatic carbocycles. The van der Waals surface area contributed by atoms with E-state index in [0.717, 1.165) is 6.07 Å². The Bertz CT molecular complexity index is 347. The summed E-state index contributed by atoms with van der Waals surface area (Å²) in [6.07, 6.45) is 1.25. The summed E-state index contributed by atoms with van der Waals surface area (Å²) in [7, 11) is 0. The number of aromatic nitrogens is 1. The average Bonchev–Trinajstić information content (AvgIpc) is 2.12. The van der Waals surface area contributed by atoms with Gasteiger partial charge in [0.15, 0.2) is 11.6 Å². The molecule has 0 spiro atoms. The van der Waals surface area contributed by atoms with Crippen LogP contribution in [0.3, 0.4) is 0 Å². The van der Waals surface area contributed by atoms with E-state index in [1.165, 1.54) is 6.42 Å². The first-order valence-corrected chi connectivity index (χ1v) is 4.46. The second-order valence-electron chi connectivity index (χ2n) is 2.51. The number of halogens is 2. The van der Waals surface area contributed by atoms with Crippen molar-refractivity contribution in [1.29, 1.82) is 5.26 Å². The van der Waals surface area contributed by atoms with Gasteiger partial charge in [0.05, 0.1) is 5.56 Å². The quantitative estimate of drug-likeness (QED) is 0.677. The summed E-state index contributed by atoms with van der Waals surface area (Å²) >= 11 is 5.42. The highest BCUT2D eigenvalue weighted by Crippen LogP contribution is 2.16. The van der Waals surface area contributed by atoms with Gasteiger partial charge >= 0.3 is 0 Å². The van der Waals surface area contributed by atoms with Crippen LogP contribution in [0.25, 0.3) is 0 Å². The number of pyridine rings is 1. The van der Waals surface area contributed by atoms with Crippen molar-refractivity contribution in [2.45, 2.75) is 20.3 Å². The molecule has 2 N–H and O–H groups in total. The fourth-order valence-electron chi connectivity index (χ4n) is 0.558. The molecule has 0 aliphatic heterocycles. The van der Waals surface area contributed by atoms with E-state index in [1.807, 2.05) is 0 Å². The lowest BCUT2D eigenvalue weighted by Gasteiger charge is -1.96. The Balaban J connectivity index is 0.000000500. The largest absolute Gasteiger partial charge is 0.381 e. The van der Waals surface area contributed by atoms with Crippen LogP contribution in [0.2, 0.25) is 5.15 Å². The lowest BCUT2D eigenvalue weighted by Crippen LogP contribution is -1.96. The third kappa shape index (κ3) is 3.58. The molecular weight excluding hydrogens is 205 g/mol. The molecule has 1 aromatic rings. The summed E-state index contributed by atoms with van der Waals surface area (Å²) in [5, 5.41) is 8.27. The van der Waals surface area contributed by atoms with Crippen molar-refractivity contribution < 1.29 is 4.39 Å². The molecule has 3 nitrogen and oxygen atoms in total. The summed E-state index contributed by atoms with van der Waals surface area (Å²) in [5.41, 5.74) is 5.05. The van der Waals surface area contributed by atoms with Gasteiger partial charge in [0, 0.05) is 0 Å². The number of anilines is 1. The third-order valence-corrected chi connectivity index (χ3v) is 1.37. The van der Waals surface area contributed by atoms with E-state index in [9.17, 15) is 4.39 Å². The van der Waals surface area contributed by atoms with Crippen LogP contribution in [0.15, 0.2) is 6.07 Å². The van der Waals surface area contributed by atoms with E-state index in [-0.39, 0.29) is 16.5 Å². The van der Waals surface area contributed by atoms with E-state index in [0.29, 0.717) is 0 Å². The molecule has 0 saturated heterocycles. The monoisotopic (exact) mass is 215 g/mol. The Morgan fingerprint density at radius 2 is 2.14 bits per heavy atom. The van der Waals surface area contributed by atoms with Crippen molar-refractivity contribution >= 4 is 17.4 Å². The van der Waals surface area contributed by atoms with E-state index in [2.05, 4.69) is 18.8 Å². The minimum absolute atomic E-state index is 0.0154. The molecular formula is C9H11ClFN3. The maximum atomic E-state index is 12.5. The number of nitrogens with zero attached hydrogens (tertiary/aromatic N) is 2. The van der Waals surface area contributed by atoms with Crippen molar-refractivity contribution in [3.05, 3.63) is 22.6 Å². The second kappa shape index (κ2) is 6.17. The third-order valence-electron chi connectivity index (χ3n) is 1.08. The molecule has 0 saturated carbocycles. The topological polar surface area (TPSA) is 62.7 Å². The highest BCUT2D eigenvalue weighted by atomic mass is 35.5. The Hall–Kier alpha value is -1.34. The van der Waals surface area contributed by atoms with Gasteiger partial charge in [0.2, 0.25) is 0 Å². The van der Waals surface area contributed by atoms with Crippen LogP contribution in [0.1, 0.15) is 25.8 Å². The zero-order valence-electron chi connectivity index (χ0n) is 8.01. The molecule has 0 fully saturated rings. The number of rotatable bonds is 0. The van der Waals surface area contributed by atoms with Gasteiger partial charge in [0.1, 0.15) is 11.2 Å². The number of hydrogen-bond acceptors (Lipinski definition) is 3.